The molecule has 0 amide bonds. The van der Waals surface area contributed by atoms with Gasteiger partial charge in [0.25, 0.3) is 15.7 Å². The van der Waals surface area contributed by atoms with Crippen LogP contribution in [0.2, 0.25) is 0 Å². The van der Waals surface area contributed by atoms with E-state index in [2.05, 4.69) is 4.72 Å². The molecule has 0 aliphatic carbocycles. The van der Waals surface area contributed by atoms with Gasteiger partial charge >= 0.3 is 0 Å². The summed E-state index contributed by atoms with van der Waals surface area (Å²) in [5, 5.41) is 20.1. The highest BCUT2D eigenvalue weighted by Crippen LogP contribution is 2.28. The number of phenols is 1. The third-order valence-electron chi connectivity index (χ3n) is 2.65. The van der Waals surface area contributed by atoms with E-state index in [9.17, 15) is 23.6 Å². The molecule has 0 saturated heterocycles. The summed E-state index contributed by atoms with van der Waals surface area (Å²) in [6, 6.07) is 8.69. The van der Waals surface area contributed by atoms with Crippen molar-refractivity contribution in [3.63, 3.8) is 0 Å². The van der Waals surface area contributed by atoms with Crippen molar-refractivity contribution in [3.8, 4) is 5.75 Å². The number of para-hydroxylation sites is 2. The first kappa shape index (κ1) is 14.6. The summed E-state index contributed by atoms with van der Waals surface area (Å²) in [7, 11) is -4.05. The Kier molecular flexibility index (Phi) is 3.68. The van der Waals surface area contributed by atoms with Gasteiger partial charge in [-0.25, -0.2) is 8.42 Å². The van der Waals surface area contributed by atoms with Crippen LogP contribution in [0.5, 0.6) is 5.75 Å². The van der Waals surface area contributed by atoms with Gasteiger partial charge in [0.05, 0.1) is 15.5 Å². The minimum Gasteiger partial charge on any atom is -0.506 e. The number of hydrogen-bond donors (Lipinski definition) is 3. The van der Waals surface area contributed by atoms with E-state index in [1.165, 1.54) is 24.3 Å². The van der Waals surface area contributed by atoms with Crippen LogP contribution in [0.4, 0.5) is 17.1 Å². The summed E-state index contributed by atoms with van der Waals surface area (Å²) in [6.07, 6.45) is 0. The highest BCUT2D eigenvalue weighted by Gasteiger charge is 2.20. The van der Waals surface area contributed by atoms with Gasteiger partial charge in [0.15, 0.2) is 0 Å². The van der Waals surface area contributed by atoms with Crippen LogP contribution in [0.25, 0.3) is 0 Å². The van der Waals surface area contributed by atoms with Crippen molar-refractivity contribution in [3.05, 3.63) is 52.6 Å². The van der Waals surface area contributed by atoms with Gasteiger partial charge < -0.3 is 10.8 Å². The molecular formula is C12H11N3O5S. The minimum atomic E-state index is -4.05. The number of nitrogen functional groups attached to an aromatic ring is 1. The first-order valence-electron chi connectivity index (χ1n) is 5.66. The second-order valence-electron chi connectivity index (χ2n) is 4.10. The maximum Gasteiger partial charge on any atom is 0.293 e. The number of rotatable bonds is 4. The summed E-state index contributed by atoms with van der Waals surface area (Å²) in [5.74, 6) is -0.250. The Hall–Kier alpha value is -2.81. The van der Waals surface area contributed by atoms with Crippen molar-refractivity contribution >= 4 is 27.1 Å². The van der Waals surface area contributed by atoms with Gasteiger partial charge in [-0.15, -0.1) is 0 Å². The highest BCUT2D eigenvalue weighted by molar-refractivity contribution is 7.92. The molecule has 21 heavy (non-hydrogen) atoms. The normalized spacial score (nSPS) is 11.0. The third-order valence-corrected chi connectivity index (χ3v) is 4.02. The Morgan fingerprint density at radius 2 is 1.86 bits per heavy atom. The average Bonchev–Trinajstić information content (AvgIpc) is 2.41. The molecule has 0 spiro atoms. The molecule has 2 aromatic rings. The van der Waals surface area contributed by atoms with Crippen LogP contribution >= 0.6 is 0 Å². The van der Waals surface area contributed by atoms with Gasteiger partial charge in [-0.05, 0) is 24.3 Å². The van der Waals surface area contributed by atoms with Gasteiger partial charge in [-0.1, -0.05) is 12.1 Å². The summed E-state index contributed by atoms with van der Waals surface area (Å²) >= 11 is 0. The summed E-state index contributed by atoms with van der Waals surface area (Å²) in [4.78, 5) is 9.96. The van der Waals surface area contributed by atoms with Crippen LogP contribution < -0.4 is 10.5 Å². The van der Waals surface area contributed by atoms with Crippen LogP contribution in [0.1, 0.15) is 0 Å². The largest absolute Gasteiger partial charge is 0.506 e. The summed E-state index contributed by atoms with van der Waals surface area (Å²) in [5.41, 5.74) is 4.80. The molecule has 0 fully saturated rings. The molecule has 110 valence electrons. The smallest absolute Gasteiger partial charge is 0.293 e. The van der Waals surface area contributed by atoms with E-state index in [4.69, 9.17) is 5.73 Å². The van der Waals surface area contributed by atoms with Crippen LogP contribution in [-0.4, -0.2) is 18.4 Å². The number of phenolic OH excluding ortho intramolecular Hbond substituents is 1. The molecule has 2 rings (SSSR count). The number of nitro benzene ring substituents is 1. The Morgan fingerprint density at radius 1 is 1.19 bits per heavy atom. The first-order valence-corrected chi connectivity index (χ1v) is 7.14. The van der Waals surface area contributed by atoms with E-state index >= 15 is 0 Å². The number of nitrogens with zero attached hydrogens (tertiary/aromatic N) is 1. The Morgan fingerprint density at radius 3 is 2.48 bits per heavy atom. The number of anilines is 2. The van der Waals surface area contributed by atoms with E-state index in [0.717, 1.165) is 18.2 Å². The molecular weight excluding hydrogens is 298 g/mol. The second kappa shape index (κ2) is 5.29. The number of benzene rings is 2. The molecule has 0 bridgehead atoms. The summed E-state index contributed by atoms with van der Waals surface area (Å²) in [6.45, 7) is 0. The summed E-state index contributed by atoms with van der Waals surface area (Å²) < 4.78 is 26.5. The van der Waals surface area contributed by atoms with Crippen LogP contribution in [0.3, 0.4) is 0 Å². The molecule has 0 radical (unpaired) electrons. The molecule has 0 heterocycles. The lowest BCUT2D eigenvalue weighted by Crippen LogP contribution is -2.14. The van der Waals surface area contributed by atoms with E-state index in [-0.39, 0.29) is 27.7 Å². The van der Waals surface area contributed by atoms with Gasteiger partial charge in [-0.2, -0.15) is 0 Å². The standard InChI is InChI=1S/C12H11N3O5S/c13-9-7-8(5-6-12(9)16)21(19,20)14-10-3-1-2-4-11(10)15(17)18/h1-7,14,16H,13H2. The van der Waals surface area contributed by atoms with Crippen molar-refractivity contribution in [2.75, 3.05) is 10.5 Å². The zero-order chi connectivity index (χ0) is 15.6. The van der Waals surface area contributed by atoms with Gasteiger partial charge in [0.1, 0.15) is 11.4 Å². The molecule has 0 atom stereocenters. The third kappa shape index (κ3) is 3.03. The van der Waals surface area contributed by atoms with Gasteiger partial charge in [-0.3, -0.25) is 14.8 Å². The molecule has 8 nitrogen and oxygen atoms in total. The zero-order valence-corrected chi connectivity index (χ0v) is 11.4. The van der Waals surface area contributed by atoms with Crippen molar-refractivity contribution in [1.29, 1.82) is 0 Å². The van der Waals surface area contributed by atoms with E-state index < -0.39 is 14.9 Å². The van der Waals surface area contributed by atoms with Crippen LogP contribution in [0, 0.1) is 10.1 Å². The Balaban J connectivity index is 2.42. The molecule has 0 saturated carbocycles. The van der Waals surface area contributed by atoms with E-state index in [0.29, 0.717) is 0 Å². The van der Waals surface area contributed by atoms with Crippen LogP contribution in [0.15, 0.2) is 47.4 Å². The topological polar surface area (TPSA) is 136 Å². The predicted octanol–water partition coefficient (Wildman–Crippen LogP) is 1.68. The molecule has 4 N–H and O–H groups in total. The first-order chi connectivity index (χ1) is 9.81. The van der Waals surface area contributed by atoms with E-state index in [1.807, 2.05) is 0 Å². The molecule has 0 aliphatic heterocycles. The van der Waals surface area contributed by atoms with Crippen molar-refractivity contribution in [2.24, 2.45) is 0 Å². The number of nitrogens with one attached hydrogen (secondary N) is 1. The molecule has 0 unspecified atom stereocenters. The highest BCUT2D eigenvalue weighted by atomic mass is 32.2. The van der Waals surface area contributed by atoms with E-state index in [1.54, 1.807) is 0 Å². The maximum absolute atomic E-state index is 12.2. The fraction of sp³-hybridized carbons (Fsp3) is 0. The quantitative estimate of drug-likeness (QED) is 0.340. The Bertz CT molecular complexity index is 804. The van der Waals surface area contributed by atoms with Crippen molar-refractivity contribution in [1.82, 2.24) is 0 Å². The van der Waals surface area contributed by atoms with Gasteiger partial charge in [0, 0.05) is 6.07 Å². The number of nitrogens with two attached hydrogens (primary N) is 1. The SMILES string of the molecule is Nc1cc(S(=O)(=O)Nc2ccccc2[N+](=O)[O-])ccc1O. The lowest BCUT2D eigenvalue weighted by molar-refractivity contribution is -0.383. The molecule has 0 aliphatic rings. The lowest BCUT2D eigenvalue weighted by Gasteiger charge is -2.09. The number of aromatic hydroxyl groups is 1. The molecule has 0 aromatic heterocycles. The van der Waals surface area contributed by atoms with Gasteiger partial charge in [0.2, 0.25) is 0 Å². The fourth-order valence-electron chi connectivity index (χ4n) is 1.62. The fourth-order valence-corrected chi connectivity index (χ4v) is 2.73. The molecule has 2 aromatic carbocycles. The minimum absolute atomic E-state index is 0.111. The molecule has 9 heteroatoms. The zero-order valence-electron chi connectivity index (χ0n) is 10.6. The number of sulfonamides is 1. The second-order valence-corrected chi connectivity index (χ2v) is 5.78. The average molecular weight is 309 g/mol. The Labute approximate surface area is 120 Å². The van der Waals surface area contributed by atoms with Crippen LogP contribution in [-0.2, 0) is 10.0 Å². The van der Waals surface area contributed by atoms with Crippen molar-refractivity contribution in [2.45, 2.75) is 4.90 Å². The lowest BCUT2D eigenvalue weighted by atomic mass is 10.3. The predicted molar refractivity (Wildman–Crippen MR) is 76.4 cm³/mol. The number of nitro groups is 1. The number of hydrogen-bond acceptors (Lipinski definition) is 6. The monoisotopic (exact) mass is 309 g/mol. The maximum atomic E-state index is 12.2. The van der Waals surface area contributed by atoms with Crippen molar-refractivity contribution < 1.29 is 18.4 Å².